The van der Waals surface area contributed by atoms with E-state index in [-0.39, 0.29) is 17.8 Å². The summed E-state index contributed by atoms with van der Waals surface area (Å²) in [5, 5.41) is 0.743. The summed E-state index contributed by atoms with van der Waals surface area (Å²) in [6.07, 6.45) is 2.06. The van der Waals surface area contributed by atoms with Gasteiger partial charge in [-0.3, -0.25) is 4.79 Å². The van der Waals surface area contributed by atoms with Crippen molar-refractivity contribution in [3.8, 4) is 5.75 Å². The van der Waals surface area contributed by atoms with E-state index in [4.69, 9.17) is 13.9 Å². The van der Waals surface area contributed by atoms with Gasteiger partial charge in [0.25, 0.3) is 0 Å². The van der Waals surface area contributed by atoms with Crippen LogP contribution in [0.5, 0.6) is 5.75 Å². The van der Waals surface area contributed by atoms with Crippen LogP contribution in [0.25, 0.3) is 11.0 Å². The van der Waals surface area contributed by atoms with Crippen LogP contribution in [0.1, 0.15) is 61.9 Å². The molecule has 0 fully saturated rings. The second-order valence-electron chi connectivity index (χ2n) is 7.82. The highest BCUT2D eigenvalue weighted by Gasteiger charge is 2.33. The Kier molecular flexibility index (Phi) is 4.24. The standard InChI is InChI=1S/C24H20O6/c1-12-10-19-21(15-4-3-5-16(15)24(27)30-19)22-20(12)17(25)11-18(29-22)13-6-8-14(9-7-13)23(26)28-2/h6-10,18H,3-5,11H2,1-2H3/t18-/m1/s1. The fourth-order valence-corrected chi connectivity index (χ4v) is 4.59. The van der Waals surface area contributed by atoms with Crippen molar-refractivity contribution >= 4 is 22.7 Å². The summed E-state index contributed by atoms with van der Waals surface area (Å²) in [4.78, 5) is 37.1. The molecule has 2 aromatic carbocycles. The van der Waals surface area contributed by atoms with Gasteiger partial charge < -0.3 is 13.9 Å². The lowest BCUT2D eigenvalue weighted by atomic mass is 9.90. The molecule has 2 aliphatic rings. The van der Waals surface area contributed by atoms with E-state index < -0.39 is 12.1 Å². The fraction of sp³-hybridized carbons (Fsp3) is 0.292. The van der Waals surface area contributed by atoms with E-state index in [1.807, 2.05) is 6.92 Å². The van der Waals surface area contributed by atoms with Crippen molar-refractivity contribution in [2.75, 3.05) is 7.11 Å². The van der Waals surface area contributed by atoms with Crippen molar-refractivity contribution in [3.05, 3.63) is 74.1 Å². The number of hydrogen-bond donors (Lipinski definition) is 0. The molecule has 0 N–H and O–H groups in total. The largest absolute Gasteiger partial charge is 0.484 e. The lowest BCUT2D eigenvalue weighted by molar-refractivity contribution is 0.0600. The lowest BCUT2D eigenvalue weighted by Gasteiger charge is -2.28. The van der Waals surface area contributed by atoms with Gasteiger partial charge >= 0.3 is 11.6 Å². The maximum Gasteiger partial charge on any atom is 0.339 e. The van der Waals surface area contributed by atoms with E-state index in [1.54, 1.807) is 30.3 Å². The third-order valence-corrected chi connectivity index (χ3v) is 6.02. The molecule has 6 heteroatoms. The van der Waals surface area contributed by atoms with Crippen LogP contribution < -0.4 is 10.4 Å². The first kappa shape index (κ1) is 18.6. The number of Topliss-reactive ketones (excluding diaryl/α,β-unsaturated/α-hetero) is 1. The van der Waals surface area contributed by atoms with E-state index in [0.29, 0.717) is 34.4 Å². The Balaban J connectivity index is 1.65. The normalized spacial score (nSPS) is 17.4. The average molecular weight is 404 g/mol. The molecular weight excluding hydrogens is 384 g/mol. The number of benzene rings is 2. The number of esters is 1. The second-order valence-corrected chi connectivity index (χ2v) is 7.82. The van der Waals surface area contributed by atoms with Gasteiger partial charge in [0.2, 0.25) is 0 Å². The lowest BCUT2D eigenvalue weighted by Crippen LogP contribution is -2.22. The zero-order valence-corrected chi connectivity index (χ0v) is 16.7. The molecule has 0 radical (unpaired) electrons. The van der Waals surface area contributed by atoms with E-state index in [1.165, 1.54) is 7.11 Å². The number of carbonyl (C=O) groups excluding carboxylic acids is 2. The molecule has 0 unspecified atom stereocenters. The van der Waals surface area contributed by atoms with Crippen molar-refractivity contribution in [1.82, 2.24) is 0 Å². The predicted molar refractivity (Wildman–Crippen MR) is 109 cm³/mol. The maximum atomic E-state index is 13.1. The Bertz CT molecular complexity index is 1270. The fourth-order valence-electron chi connectivity index (χ4n) is 4.59. The van der Waals surface area contributed by atoms with Crippen LogP contribution >= 0.6 is 0 Å². The summed E-state index contributed by atoms with van der Waals surface area (Å²) in [7, 11) is 1.33. The van der Waals surface area contributed by atoms with Crippen molar-refractivity contribution < 1.29 is 23.5 Å². The van der Waals surface area contributed by atoms with Gasteiger partial charge in [-0.05, 0) is 61.1 Å². The molecule has 152 valence electrons. The molecule has 1 aliphatic carbocycles. The molecule has 3 aromatic rings. The van der Waals surface area contributed by atoms with Gasteiger partial charge in [-0.25, -0.2) is 9.59 Å². The zero-order valence-electron chi connectivity index (χ0n) is 16.7. The Morgan fingerprint density at radius 2 is 1.83 bits per heavy atom. The molecule has 6 nitrogen and oxygen atoms in total. The smallest absolute Gasteiger partial charge is 0.339 e. The summed E-state index contributed by atoms with van der Waals surface area (Å²) in [5.74, 6) is 0.0839. The number of aryl methyl sites for hydroxylation is 2. The van der Waals surface area contributed by atoms with Gasteiger partial charge in [-0.1, -0.05) is 12.1 Å². The van der Waals surface area contributed by atoms with Crippen molar-refractivity contribution in [2.45, 2.75) is 38.7 Å². The van der Waals surface area contributed by atoms with E-state index >= 15 is 0 Å². The molecule has 2 heterocycles. The molecule has 0 spiro atoms. The number of fused-ring (bicyclic) bond motifs is 5. The topological polar surface area (TPSA) is 82.8 Å². The summed E-state index contributed by atoms with van der Waals surface area (Å²) >= 11 is 0. The molecule has 0 bridgehead atoms. The van der Waals surface area contributed by atoms with Gasteiger partial charge in [-0.2, -0.15) is 0 Å². The van der Waals surface area contributed by atoms with Gasteiger partial charge in [0, 0.05) is 5.56 Å². The van der Waals surface area contributed by atoms with Crippen LogP contribution in [0.3, 0.4) is 0 Å². The highest BCUT2D eigenvalue weighted by atomic mass is 16.5. The molecule has 0 saturated carbocycles. The third kappa shape index (κ3) is 2.75. The molecule has 0 saturated heterocycles. The number of hydrogen-bond acceptors (Lipinski definition) is 6. The van der Waals surface area contributed by atoms with Crippen LogP contribution in [-0.4, -0.2) is 18.9 Å². The molecule has 0 amide bonds. The molecule has 1 aliphatic heterocycles. The zero-order chi connectivity index (χ0) is 21.0. The maximum absolute atomic E-state index is 13.1. The minimum absolute atomic E-state index is 0.00404. The number of carbonyl (C=O) groups is 2. The van der Waals surface area contributed by atoms with E-state index in [0.717, 1.165) is 34.9 Å². The summed E-state index contributed by atoms with van der Waals surface area (Å²) in [6, 6.07) is 8.64. The number of ketones is 1. The Morgan fingerprint density at radius 3 is 2.57 bits per heavy atom. The molecular formula is C24H20O6. The first-order chi connectivity index (χ1) is 14.5. The van der Waals surface area contributed by atoms with E-state index in [9.17, 15) is 14.4 Å². The van der Waals surface area contributed by atoms with Crippen LogP contribution in [0.4, 0.5) is 0 Å². The monoisotopic (exact) mass is 404 g/mol. The first-order valence-corrected chi connectivity index (χ1v) is 9.98. The minimum atomic E-state index is -0.481. The SMILES string of the molecule is COC(=O)c1ccc([C@H]2CC(=O)c3c(C)cc4oc(=O)c5c(c4c3O2)CCC5)cc1. The van der Waals surface area contributed by atoms with Crippen LogP contribution in [0.15, 0.2) is 39.5 Å². The van der Waals surface area contributed by atoms with Gasteiger partial charge in [-0.15, -0.1) is 0 Å². The predicted octanol–water partition coefficient (Wildman–Crippen LogP) is 4.08. The summed E-state index contributed by atoms with van der Waals surface area (Å²) in [5.41, 5.74) is 4.32. The van der Waals surface area contributed by atoms with Crippen molar-refractivity contribution in [3.63, 3.8) is 0 Å². The molecule has 30 heavy (non-hydrogen) atoms. The molecule has 5 rings (SSSR count). The third-order valence-electron chi connectivity index (χ3n) is 6.02. The van der Waals surface area contributed by atoms with Crippen molar-refractivity contribution in [1.29, 1.82) is 0 Å². The van der Waals surface area contributed by atoms with Gasteiger partial charge in [0.1, 0.15) is 17.4 Å². The summed E-state index contributed by atoms with van der Waals surface area (Å²) in [6.45, 7) is 1.83. The quantitative estimate of drug-likeness (QED) is 0.473. The van der Waals surface area contributed by atoms with Crippen molar-refractivity contribution in [2.24, 2.45) is 0 Å². The number of methoxy groups -OCH3 is 1. The average Bonchev–Trinajstić information content (AvgIpc) is 3.23. The van der Waals surface area contributed by atoms with Crippen LogP contribution in [0.2, 0.25) is 0 Å². The highest BCUT2D eigenvalue weighted by Crippen LogP contribution is 2.44. The van der Waals surface area contributed by atoms with Crippen LogP contribution in [0, 0.1) is 6.92 Å². The van der Waals surface area contributed by atoms with Gasteiger partial charge in [0.15, 0.2) is 5.78 Å². The molecule has 1 aromatic heterocycles. The minimum Gasteiger partial charge on any atom is -0.484 e. The second kappa shape index (κ2) is 6.83. The van der Waals surface area contributed by atoms with Gasteiger partial charge in [0.05, 0.1) is 30.0 Å². The number of ether oxygens (including phenoxy) is 2. The number of rotatable bonds is 2. The highest BCUT2D eigenvalue weighted by molar-refractivity contribution is 6.07. The Hall–Kier alpha value is -3.41. The Labute approximate surface area is 172 Å². The van der Waals surface area contributed by atoms with Crippen LogP contribution in [-0.2, 0) is 17.6 Å². The Morgan fingerprint density at radius 1 is 1.10 bits per heavy atom. The van der Waals surface area contributed by atoms with E-state index in [2.05, 4.69) is 0 Å². The molecule has 1 atom stereocenters. The summed E-state index contributed by atoms with van der Waals surface area (Å²) < 4.78 is 16.7. The first-order valence-electron chi connectivity index (χ1n) is 9.98.